The molecule has 0 unspecified atom stereocenters. The SMILES string of the molecule is CNCCCNCc1ccc2c(c1)CCC2. The van der Waals surface area contributed by atoms with Gasteiger partial charge < -0.3 is 10.6 Å². The van der Waals surface area contributed by atoms with Gasteiger partial charge in [0.15, 0.2) is 0 Å². The molecule has 0 aliphatic heterocycles. The van der Waals surface area contributed by atoms with Crippen LogP contribution < -0.4 is 10.6 Å². The Hall–Kier alpha value is -0.860. The number of hydrogen-bond donors (Lipinski definition) is 2. The Morgan fingerprint density at radius 2 is 2.00 bits per heavy atom. The molecule has 0 fully saturated rings. The number of hydrogen-bond acceptors (Lipinski definition) is 2. The van der Waals surface area contributed by atoms with Gasteiger partial charge in [-0.25, -0.2) is 0 Å². The quantitative estimate of drug-likeness (QED) is 0.712. The van der Waals surface area contributed by atoms with Gasteiger partial charge in [0.1, 0.15) is 0 Å². The molecule has 2 heteroatoms. The van der Waals surface area contributed by atoms with Crippen molar-refractivity contribution in [3.05, 3.63) is 34.9 Å². The molecule has 88 valence electrons. The fourth-order valence-corrected chi connectivity index (χ4v) is 2.36. The highest BCUT2D eigenvalue weighted by molar-refractivity contribution is 5.35. The van der Waals surface area contributed by atoms with Gasteiger partial charge >= 0.3 is 0 Å². The Morgan fingerprint density at radius 1 is 1.12 bits per heavy atom. The number of benzene rings is 1. The zero-order valence-electron chi connectivity index (χ0n) is 10.2. The number of fused-ring (bicyclic) bond motifs is 1. The molecule has 1 aliphatic carbocycles. The first-order valence-electron chi connectivity index (χ1n) is 6.36. The Kier molecular flexibility index (Phi) is 4.37. The van der Waals surface area contributed by atoms with Crippen molar-refractivity contribution in [2.75, 3.05) is 20.1 Å². The van der Waals surface area contributed by atoms with E-state index in [9.17, 15) is 0 Å². The van der Waals surface area contributed by atoms with Crippen LogP contribution in [0.2, 0.25) is 0 Å². The Bertz CT molecular complexity index is 334. The standard InChI is InChI=1S/C14H22N2/c1-15-8-3-9-16-11-12-6-7-13-4-2-5-14(13)10-12/h6-7,10,15-16H,2-5,8-9,11H2,1H3. The van der Waals surface area contributed by atoms with Crippen molar-refractivity contribution in [2.45, 2.75) is 32.2 Å². The van der Waals surface area contributed by atoms with Crippen molar-refractivity contribution in [3.63, 3.8) is 0 Å². The van der Waals surface area contributed by atoms with Crippen molar-refractivity contribution in [3.8, 4) is 0 Å². The molecule has 1 aromatic rings. The summed E-state index contributed by atoms with van der Waals surface area (Å²) in [5.74, 6) is 0. The van der Waals surface area contributed by atoms with E-state index < -0.39 is 0 Å². The van der Waals surface area contributed by atoms with E-state index in [1.165, 1.54) is 31.2 Å². The second kappa shape index (κ2) is 6.02. The first kappa shape index (κ1) is 11.6. The predicted molar refractivity (Wildman–Crippen MR) is 68.7 cm³/mol. The molecule has 0 spiro atoms. The summed E-state index contributed by atoms with van der Waals surface area (Å²) in [7, 11) is 2.00. The first-order chi connectivity index (χ1) is 7.90. The van der Waals surface area contributed by atoms with Crippen LogP contribution in [-0.4, -0.2) is 20.1 Å². The van der Waals surface area contributed by atoms with Crippen molar-refractivity contribution in [1.82, 2.24) is 10.6 Å². The van der Waals surface area contributed by atoms with Crippen LogP contribution in [0.15, 0.2) is 18.2 Å². The van der Waals surface area contributed by atoms with Gasteiger partial charge in [-0.05, 0) is 62.5 Å². The second-order valence-electron chi connectivity index (χ2n) is 4.59. The molecule has 2 rings (SSSR count). The van der Waals surface area contributed by atoms with Crippen LogP contribution in [0.25, 0.3) is 0 Å². The highest BCUT2D eigenvalue weighted by atomic mass is 14.9. The summed E-state index contributed by atoms with van der Waals surface area (Å²) in [4.78, 5) is 0. The zero-order valence-corrected chi connectivity index (χ0v) is 10.2. The van der Waals surface area contributed by atoms with Gasteiger partial charge in [0.2, 0.25) is 0 Å². The molecule has 2 nitrogen and oxygen atoms in total. The molecule has 16 heavy (non-hydrogen) atoms. The molecule has 0 saturated heterocycles. The van der Waals surface area contributed by atoms with Gasteiger partial charge in [-0.1, -0.05) is 18.2 Å². The highest BCUT2D eigenvalue weighted by Crippen LogP contribution is 2.22. The number of nitrogens with one attached hydrogen (secondary N) is 2. The van der Waals surface area contributed by atoms with Crippen molar-refractivity contribution in [2.24, 2.45) is 0 Å². The lowest BCUT2D eigenvalue weighted by Gasteiger charge is -2.07. The summed E-state index contributed by atoms with van der Waals surface area (Å²) in [5.41, 5.74) is 4.58. The minimum absolute atomic E-state index is 1.01. The van der Waals surface area contributed by atoms with Crippen molar-refractivity contribution in [1.29, 1.82) is 0 Å². The average molecular weight is 218 g/mol. The maximum absolute atomic E-state index is 3.49. The van der Waals surface area contributed by atoms with Gasteiger partial charge in [-0.2, -0.15) is 0 Å². The van der Waals surface area contributed by atoms with Gasteiger partial charge in [-0.3, -0.25) is 0 Å². The van der Waals surface area contributed by atoms with Crippen LogP contribution in [0.1, 0.15) is 29.5 Å². The van der Waals surface area contributed by atoms with E-state index >= 15 is 0 Å². The maximum Gasteiger partial charge on any atom is 0.0205 e. The van der Waals surface area contributed by atoms with Crippen LogP contribution in [-0.2, 0) is 19.4 Å². The molecular weight excluding hydrogens is 196 g/mol. The van der Waals surface area contributed by atoms with Gasteiger partial charge in [0, 0.05) is 6.54 Å². The van der Waals surface area contributed by atoms with E-state index in [0.717, 1.165) is 19.6 Å². The fourth-order valence-electron chi connectivity index (χ4n) is 2.36. The smallest absolute Gasteiger partial charge is 0.0205 e. The van der Waals surface area contributed by atoms with Crippen molar-refractivity contribution < 1.29 is 0 Å². The minimum atomic E-state index is 1.01. The monoisotopic (exact) mass is 218 g/mol. The summed E-state index contributed by atoms with van der Waals surface area (Å²) in [6, 6.07) is 6.97. The molecule has 1 aliphatic rings. The lowest BCUT2D eigenvalue weighted by atomic mass is 10.1. The number of aryl methyl sites for hydroxylation is 2. The van der Waals surface area contributed by atoms with Crippen LogP contribution >= 0.6 is 0 Å². The summed E-state index contributed by atoms with van der Waals surface area (Å²) in [6.45, 7) is 3.20. The van der Waals surface area contributed by atoms with Crippen LogP contribution in [0, 0.1) is 0 Å². The molecule has 0 saturated carbocycles. The average Bonchev–Trinajstić information content (AvgIpc) is 2.76. The Labute approximate surface area is 98.4 Å². The van der Waals surface area contributed by atoms with E-state index in [-0.39, 0.29) is 0 Å². The maximum atomic E-state index is 3.49. The number of rotatable bonds is 6. The topological polar surface area (TPSA) is 24.1 Å². The predicted octanol–water partition coefficient (Wildman–Crippen LogP) is 1.87. The minimum Gasteiger partial charge on any atom is -0.320 e. The third-order valence-electron chi connectivity index (χ3n) is 3.27. The van der Waals surface area contributed by atoms with Gasteiger partial charge in [-0.15, -0.1) is 0 Å². The molecule has 0 bridgehead atoms. The molecule has 1 aromatic carbocycles. The third-order valence-corrected chi connectivity index (χ3v) is 3.27. The fraction of sp³-hybridized carbons (Fsp3) is 0.571. The summed E-state index contributed by atoms with van der Waals surface area (Å²) < 4.78 is 0. The molecule has 0 aromatic heterocycles. The third kappa shape index (κ3) is 3.06. The molecule has 0 atom stereocenters. The van der Waals surface area contributed by atoms with Crippen LogP contribution in [0.5, 0.6) is 0 Å². The van der Waals surface area contributed by atoms with Crippen molar-refractivity contribution >= 4 is 0 Å². The zero-order chi connectivity index (χ0) is 11.2. The van der Waals surface area contributed by atoms with E-state index in [0.29, 0.717) is 0 Å². The second-order valence-corrected chi connectivity index (χ2v) is 4.59. The Balaban J connectivity index is 1.77. The van der Waals surface area contributed by atoms with Gasteiger partial charge in [0.25, 0.3) is 0 Å². The first-order valence-corrected chi connectivity index (χ1v) is 6.36. The van der Waals surface area contributed by atoms with Crippen LogP contribution in [0.3, 0.4) is 0 Å². The summed E-state index contributed by atoms with van der Waals surface area (Å²) in [5, 5.41) is 6.65. The molecule has 0 amide bonds. The molecule has 0 heterocycles. The molecule has 2 N–H and O–H groups in total. The summed E-state index contributed by atoms with van der Waals surface area (Å²) in [6.07, 6.45) is 5.10. The molecule has 0 radical (unpaired) electrons. The highest BCUT2D eigenvalue weighted by Gasteiger charge is 2.10. The lowest BCUT2D eigenvalue weighted by Crippen LogP contribution is -2.19. The van der Waals surface area contributed by atoms with E-state index in [2.05, 4.69) is 28.8 Å². The largest absolute Gasteiger partial charge is 0.320 e. The Morgan fingerprint density at radius 3 is 2.88 bits per heavy atom. The van der Waals surface area contributed by atoms with Crippen LogP contribution in [0.4, 0.5) is 0 Å². The van der Waals surface area contributed by atoms with E-state index in [1.54, 1.807) is 11.1 Å². The van der Waals surface area contributed by atoms with E-state index in [4.69, 9.17) is 0 Å². The normalized spacial score (nSPS) is 14.1. The molecular formula is C14H22N2. The van der Waals surface area contributed by atoms with E-state index in [1.807, 2.05) is 7.05 Å². The van der Waals surface area contributed by atoms with Gasteiger partial charge in [0.05, 0.1) is 0 Å². The summed E-state index contributed by atoms with van der Waals surface area (Å²) >= 11 is 0. The lowest BCUT2D eigenvalue weighted by molar-refractivity contribution is 0.625.